The first kappa shape index (κ1) is 28.2. The summed E-state index contributed by atoms with van der Waals surface area (Å²) in [5.74, 6) is -4.39. The number of aromatic nitrogens is 1. The van der Waals surface area contributed by atoms with Crippen molar-refractivity contribution in [2.75, 3.05) is 30.6 Å². The van der Waals surface area contributed by atoms with Crippen molar-refractivity contribution in [1.29, 1.82) is 0 Å². The number of pyridine rings is 1. The van der Waals surface area contributed by atoms with Crippen LogP contribution in [0, 0.1) is 11.6 Å². The van der Waals surface area contributed by atoms with Gasteiger partial charge in [0.1, 0.15) is 17.7 Å². The highest BCUT2D eigenvalue weighted by Gasteiger charge is 2.37. The average Bonchev–Trinajstić information content (AvgIpc) is 2.75. The van der Waals surface area contributed by atoms with Crippen LogP contribution in [0.3, 0.4) is 0 Å². The fourth-order valence-corrected chi connectivity index (χ4v) is 5.42. The zero-order valence-electron chi connectivity index (χ0n) is 20.4. The highest BCUT2D eigenvalue weighted by molar-refractivity contribution is 8.32. The molecule has 1 aliphatic rings. The summed E-state index contributed by atoms with van der Waals surface area (Å²) in [4.78, 5) is 42.3. The molecule has 8 nitrogen and oxygen atoms in total. The molecule has 0 fully saturated rings. The molecule has 0 spiro atoms. The van der Waals surface area contributed by atoms with Crippen molar-refractivity contribution in [1.82, 2.24) is 9.88 Å². The normalized spacial score (nSPS) is 15.8. The van der Waals surface area contributed by atoms with E-state index in [0.29, 0.717) is 0 Å². The number of amides is 2. The SMILES string of the molecule is CS(C)(C)c1c(F)cc(NC(=O)[C@H]2c3ccc(OC(F)F)nc3CCN2C(=O)CCCC(=O)O)cc1F. The van der Waals surface area contributed by atoms with Gasteiger partial charge in [-0.2, -0.15) is 8.78 Å². The van der Waals surface area contributed by atoms with E-state index in [9.17, 15) is 31.9 Å². The molecule has 0 radical (unpaired) electrons. The van der Waals surface area contributed by atoms with Gasteiger partial charge < -0.3 is 20.1 Å². The van der Waals surface area contributed by atoms with Crippen molar-refractivity contribution in [3.8, 4) is 5.88 Å². The first-order valence-corrected chi connectivity index (χ1v) is 14.1. The minimum atomic E-state index is -3.11. The molecule has 2 N–H and O–H groups in total. The number of benzene rings is 1. The van der Waals surface area contributed by atoms with Crippen LogP contribution in [0.25, 0.3) is 0 Å². The summed E-state index contributed by atoms with van der Waals surface area (Å²) >= 11 is 0. The molecule has 1 aromatic carbocycles. The van der Waals surface area contributed by atoms with E-state index in [1.54, 1.807) is 18.8 Å². The number of hydrogen-bond acceptors (Lipinski definition) is 5. The highest BCUT2D eigenvalue weighted by Crippen LogP contribution is 2.48. The lowest BCUT2D eigenvalue weighted by atomic mass is 9.95. The molecule has 0 bridgehead atoms. The molecule has 0 unspecified atom stereocenters. The zero-order chi connectivity index (χ0) is 27.5. The third-order valence-electron chi connectivity index (χ3n) is 5.62. The average molecular weight is 546 g/mol. The van der Waals surface area contributed by atoms with Crippen LogP contribution in [-0.4, -0.2) is 64.7 Å². The maximum Gasteiger partial charge on any atom is 0.388 e. The number of hydrogen-bond donors (Lipinski definition) is 2. The van der Waals surface area contributed by atoms with Crippen LogP contribution in [-0.2, 0) is 20.8 Å². The fraction of sp³-hybridized carbons (Fsp3) is 0.417. The summed E-state index contributed by atoms with van der Waals surface area (Å²) in [6.45, 7) is -3.12. The van der Waals surface area contributed by atoms with Gasteiger partial charge in [0.05, 0.1) is 10.6 Å². The summed E-state index contributed by atoms with van der Waals surface area (Å²) in [5, 5.41) is 11.3. The van der Waals surface area contributed by atoms with E-state index in [1.165, 1.54) is 11.0 Å². The number of carboxylic acid groups (broad SMARTS) is 1. The first-order valence-electron chi connectivity index (χ1n) is 11.2. The molecule has 1 aromatic heterocycles. The summed E-state index contributed by atoms with van der Waals surface area (Å²) in [6.07, 6.45) is 4.92. The van der Waals surface area contributed by atoms with Gasteiger partial charge in [0.15, 0.2) is 0 Å². The molecule has 37 heavy (non-hydrogen) atoms. The Morgan fingerprint density at radius 2 is 1.81 bits per heavy atom. The summed E-state index contributed by atoms with van der Waals surface area (Å²) in [7, 11) is -1.75. The highest BCUT2D eigenvalue weighted by atomic mass is 32.3. The largest absolute Gasteiger partial charge is 0.481 e. The van der Waals surface area contributed by atoms with Crippen molar-refractivity contribution in [3.63, 3.8) is 0 Å². The van der Waals surface area contributed by atoms with Gasteiger partial charge in [-0.1, -0.05) is 0 Å². The lowest BCUT2D eigenvalue weighted by Crippen LogP contribution is -2.45. The summed E-state index contributed by atoms with van der Waals surface area (Å²) in [5.41, 5.74) is 0.314. The number of nitrogens with zero attached hydrogens (tertiary/aromatic N) is 2. The molecule has 202 valence electrons. The van der Waals surface area contributed by atoms with E-state index in [1.807, 2.05) is 0 Å². The quantitative estimate of drug-likeness (QED) is 0.454. The monoisotopic (exact) mass is 545 g/mol. The number of halogens is 4. The number of fused-ring (bicyclic) bond motifs is 1. The van der Waals surface area contributed by atoms with Crippen LogP contribution < -0.4 is 10.1 Å². The molecule has 1 atom stereocenters. The van der Waals surface area contributed by atoms with Crippen LogP contribution >= 0.6 is 10.0 Å². The van der Waals surface area contributed by atoms with E-state index in [2.05, 4.69) is 15.0 Å². The third-order valence-corrected chi connectivity index (χ3v) is 7.23. The molecular weight excluding hydrogens is 518 g/mol. The minimum absolute atomic E-state index is 0.0167. The van der Waals surface area contributed by atoms with Gasteiger partial charge in [0.25, 0.3) is 5.91 Å². The molecule has 0 aliphatic carbocycles. The van der Waals surface area contributed by atoms with E-state index < -0.39 is 52.1 Å². The Morgan fingerprint density at radius 3 is 2.38 bits per heavy atom. The molecular formula is C24H27F4N3O5S. The van der Waals surface area contributed by atoms with Crippen LogP contribution in [0.2, 0.25) is 0 Å². The van der Waals surface area contributed by atoms with Gasteiger partial charge in [-0.3, -0.25) is 14.4 Å². The second-order valence-corrected chi connectivity index (χ2v) is 13.2. The number of carbonyl (C=O) groups is 3. The van der Waals surface area contributed by atoms with Gasteiger partial charge in [0, 0.05) is 43.1 Å². The number of carboxylic acids is 1. The van der Waals surface area contributed by atoms with E-state index in [0.717, 1.165) is 18.2 Å². The third kappa shape index (κ3) is 6.90. The number of alkyl halides is 2. The van der Waals surface area contributed by atoms with Gasteiger partial charge in [-0.25, -0.2) is 23.8 Å². The van der Waals surface area contributed by atoms with Crippen LogP contribution in [0.4, 0.5) is 23.2 Å². The van der Waals surface area contributed by atoms with Crippen LogP contribution in [0.1, 0.15) is 36.6 Å². The molecule has 2 amide bonds. The van der Waals surface area contributed by atoms with Gasteiger partial charge >= 0.3 is 12.6 Å². The first-order chi connectivity index (χ1) is 17.3. The van der Waals surface area contributed by atoms with Crippen molar-refractivity contribution in [2.45, 2.75) is 43.2 Å². The molecule has 0 saturated heterocycles. The van der Waals surface area contributed by atoms with Crippen molar-refractivity contribution >= 4 is 33.5 Å². The topological polar surface area (TPSA) is 109 Å². The van der Waals surface area contributed by atoms with Crippen LogP contribution in [0.5, 0.6) is 5.88 Å². The number of anilines is 1. The smallest absolute Gasteiger partial charge is 0.388 e. The Balaban J connectivity index is 1.94. The molecule has 3 rings (SSSR count). The van der Waals surface area contributed by atoms with Crippen LogP contribution in [0.15, 0.2) is 29.2 Å². The molecule has 13 heteroatoms. The standard InChI is InChI=1S/C24H27F4N3O5S/c1-37(2,3)22-15(25)11-13(12-16(22)26)29-23(35)21-14-7-8-18(36-24(27)28)30-17(14)9-10-31(21)19(32)5-4-6-20(33)34/h7-8,11-12,21,24H,4-6,9-10H2,1-3H3,(H,29,35)(H,33,34)/t21-/m1/s1. The lowest BCUT2D eigenvalue weighted by molar-refractivity contribution is -0.140. The summed E-state index contributed by atoms with van der Waals surface area (Å²) in [6, 6.07) is 3.15. The number of ether oxygens (including phenoxy) is 1. The predicted molar refractivity (Wildman–Crippen MR) is 129 cm³/mol. The lowest BCUT2D eigenvalue weighted by Gasteiger charge is -2.36. The Labute approximate surface area is 212 Å². The van der Waals surface area contributed by atoms with E-state index in [-0.39, 0.29) is 59.9 Å². The van der Waals surface area contributed by atoms with E-state index in [4.69, 9.17) is 5.11 Å². The second kappa shape index (κ2) is 11.4. The molecule has 0 saturated carbocycles. The Morgan fingerprint density at radius 1 is 1.16 bits per heavy atom. The van der Waals surface area contributed by atoms with Crippen molar-refractivity contribution in [2.24, 2.45) is 0 Å². The Bertz CT molecular complexity index is 1180. The van der Waals surface area contributed by atoms with Gasteiger partial charge in [0.2, 0.25) is 11.8 Å². The number of nitrogens with one attached hydrogen (secondary N) is 1. The fourth-order valence-electron chi connectivity index (χ4n) is 4.14. The predicted octanol–water partition coefficient (Wildman–Crippen LogP) is 4.33. The molecule has 2 aromatic rings. The minimum Gasteiger partial charge on any atom is -0.481 e. The van der Waals surface area contributed by atoms with Crippen molar-refractivity contribution in [3.05, 3.63) is 47.2 Å². The zero-order valence-corrected chi connectivity index (χ0v) is 21.2. The van der Waals surface area contributed by atoms with E-state index >= 15 is 0 Å². The number of aliphatic carboxylic acids is 1. The van der Waals surface area contributed by atoms with Gasteiger partial charge in [-0.05, 0) is 43.4 Å². The molecule has 2 heterocycles. The van der Waals surface area contributed by atoms with Crippen molar-refractivity contribution < 1.29 is 41.8 Å². The number of rotatable bonds is 9. The Kier molecular flexibility index (Phi) is 8.67. The maximum atomic E-state index is 14.7. The molecule has 1 aliphatic heterocycles. The number of carbonyl (C=O) groups excluding carboxylic acids is 2. The van der Waals surface area contributed by atoms with Gasteiger partial charge in [-0.15, -0.1) is 0 Å². The summed E-state index contributed by atoms with van der Waals surface area (Å²) < 4.78 is 59.0. The second-order valence-electron chi connectivity index (χ2n) is 9.15. The maximum absolute atomic E-state index is 14.7. The Hall–Kier alpha value is -3.35.